The summed E-state index contributed by atoms with van der Waals surface area (Å²) in [5.74, 6) is 6.53. The Balaban J connectivity index is 1.88. The molecule has 1 fully saturated rings. The topological polar surface area (TPSA) is 71.5 Å². The molecule has 0 spiro atoms. The Morgan fingerprint density at radius 1 is 1.62 bits per heavy atom. The molecule has 0 bridgehead atoms. The molecule has 1 saturated carbocycles. The van der Waals surface area contributed by atoms with Crippen molar-refractivity contribution in [2.24, 2.45) is 11.8 Å². The molecule has 16 heavy (non-hydrogen) atoms. The van der Waals surface area contributed by atoms with Crippen LogP contribution in [0, 0.1) is 5.92 Å². The number of carbonyl (C=O) groups excluding carboxylic acids is 1. The molecule has 0 aliphatic heterocycles. The first-order valence-corrected chi connectivity index (χ1v) is 5.47. The lowest BCUT2D eigenvalue weighted by molar-refractivity contribution is 0.0922. The molecule has 1 aliphatic rings. The molecule has 5 nitrogen and oxygen atoms in total. The molecule has 0 saturated heterocycles. The minimum absolute atomic E-state index is 0.261. The quantitative estimate of drug-likeness (QED) is 0.438. The first-order valence-electron chi connectivity index (χ1n) is 5.47. The lowest BCUT2D eigenvalue weighted by Gasteiger charge is -2.13. The molecule has 0 unspecified atom stereocenters. The number of carbonyl (C=O) groups is 1. The van der Waals surface area contributed by atoms with Crippen LogP contribution in [0.2, 0.25) is 0 Å². The third kappa shape index (κ3) is 2.84. The van der Waals surface area contributed by atoms with Gasteiger partial charge >= 0.3 is 5.91 Å². The second-order valence-electron chi connectivity index (χ2n) is 4.38. The summed E-state index contributed by atoms with van der Waals surface area (Å²) in [6.07, 6.45) is 2.67. The molecule has 0 aromatic carbocycles. The summed E-state index contributed by atoms with van der Waals surface area (Å²) in [4.78, 5) is 13.4. The average molecular weight is 223 g/mol. The lowest BCUT2D eigenvalue weighted by Crippen LogP contribution is -2.29. The normalized spacial score (nSPS) is 15.4. The molecule has 1 amide bonds. The van der Waals surface area contributed by atoms with Gasteiger partial charge in [0.25, 0.3) is 0 Å². The number of hydrogen-bond acceptors (Lipinski definition) is 4. The zero-order chi connectivity index (χ0) is 11.5. The number of nitrogens with two attached hydrogens (primary N) is 1. The third-order valence-corrected chi connectivity index (χ3v) is 2.71. The maximum Gasteiger partial charge on any atom is 0.300 e. The molecule has 88 valence electrons. The Bertz CT molecular complexity index is 371. The van der Waals surface area contributed by atoms with Crippen molar-refractivity contribution in [2.45, 2.75) is 19.4 Å². The van der Waals surface area contributed by atoms with Gasteiger partial charge in [-0.1, -0.05) is 0 Å². The van der Waals surface area contributed by atoms with Crippen molar-refractivity contribution in [1.82, 2.24) is 10.3 Å². The number of amides is 1. The highest BCUT2D eigenvalue weighted by Crippen LogP contribution is 2.29. The molecule has 3 N–H and O–H groups in total. The van der Waals surface area contributed by atoms with Crippen molar-refractivity contribution in [2.75, 3.05) is 13.6 Å². The van der Waals surface area contributed by atoms with E-state index in [2.05, 4.69) is 11.9 Å². The SMILES string of the molecule is CN(Cc1ccc(C(=O)NN)o1)CC1CC1. The van der Waals surface area contributed by atoms with E-state index in [1.807, 2.05) is 11.5 Å². The van der Waals surface area contributed by atoms with E-state index in [1.165, 1.54) is 12.8 Å². The zero-order valence-electron chi connectivity index (χ0n) is 9.40. The largest absolute Gasteiger partial charge is 0.455 e. The van der Waals surface area contributed by atoms with Crippen LogP contribution in [-0.4, -0.2) is 24.4 Å². The van der Waals surface area contributed by atoms with E-state index in [0.29, 0.717) is 0 Å². The third-order valence-electron chi connectivity index (χ3n) is 2.71. The van der Waals surface area contributed by atoms with Gasteiger partial charge < -0.3 is 4.42 Å². The van der Waals surface area contributed by atoms with Crippen LogP contribution in [0.15, 0.2) is 16.5 Å². The number of nitrogens with zero attached hydrogens (tertiary/aromatic N) is 1. The Morgan fingerprint density at radius 2 is 2.38 bits per heavy atom. The molecule has 1 aromatic heterocycles. The second kappa shape index (κ2) is 4.67. The highest BCUT2D eigenvalue weighted by Gasteiger charge is 2.23. The number of furan rings is 1. The van der Waals surface area contributed by atoms with Crippen LogP contribution in [-0.2, 0) is 6.54 Å². The molecule has 0 radical (unpaired) electrons. The standard InChI is InChI=1S/C11H17N3O2/c1-14(6-8-2-3-8)7-9-4-5-10(16-9)11(15)13-12/h4-5,8H,2-3,6-7,12H2,1H3,(H,13,15). The number of hydrogen-bond donors (Lipinski definition) is 2. The predicted octanol–water partition coefficient (Wildman–Crippen LogP) is 0.725. The smallest absolute Gasteiger partial charge is 0.300 e. The lowest BCUT2D eigenvalue weighted by atomic mass is 10.3. The summed E-state index contributed by atoms with van der Waals surface area (Å²) in [5, 5.41) is 0. The first-order chi connectivity index (χ1) is 7.69. The summed E-state index contributed by atoms with van der Waals surface area (Å²) >= 11 is 0. The van der Waals surface area contributed by atoms with E-state index in [-0.39, 0.29) is 5.76 Å². The van der Waals surface area contributed by atoms with Crippen LogP contribution in [0.1, 0.15) is 29.2 Å². The fourth-order valence-corrected chi connectivity index (χ4v) is 1.73. The number of nitrogens with one attached hydrogen (secondary N) is 1. The minimum Gasteiger partial charge on any atom is -0.455 e. The Kier molecular flexibility index (Phi) is 3.26. The minimum atomic E-state index is -0.393. The van der Waals surface area contributed by atoms with Crippen molar-refractivity contribution in [3.8, 4) is 0 Å². The Hall–Kier alpha value is -1.33. The molecular formula is C11H17N3O2. The monoisotopic (exact) mass is 223 g/mol. The van der Waals surface area contributed by atoms with Gasteiger partial charge in [-0.15, -0.1) is 0 Å². The molecule has 1 aromatic rings. The van der Waals surface area contributed by atoms with Gasteiger partial charge in [-0.25, -0.2) is 5.84 Å². The van der Waals surface area contributed by atoms with E-state index in [4.69, 9.17) is 10.3 Å². The van der Waals surface area contributed by atoms with Crippen molar-refractivity contribution in [1.29, 1.82) is 0 Å². The summed E-state index contributed by atoms with van der Waals surface area (Å²) < 4.78 is 5.38. The van der Waals surface area contributed by atoms with Gasteiger partial charge in [-0.3, -0.25) is 15.1 Å². The van der Waals surface area contributed by atoms with Gasteiger partial charge in [-0.2, -0.15) is 0 Å². The average Bonchev–Trinajstić information content (AvgIpc) is 2.94. The van der Waals surface area contributed by atoms with Crippen LogP contribution in [0.4, 0.5) is 0 Å². The molecule has 5 heteroatoms. The predicted molar refractivity (Wildman–Crippen MR) is 59.4 cm³/mol. The summed E-state index contributed by atoms with van der Waals surface area (Å²) in [5.41, 5.74) is 2.04. The summed E-state index contributed by atoms with van der Waals surface area (Å²) in [7, 11) is 2.06. The highest BCUT2D eigenvalue weighted by atomic mass is 16.4. The van der Waals surface area contributed by atoms with Crippen LogP contribution in [0.5, 0.6) is 0 Å². The number of rotatable bonds is 5. The van der Waals surface area contributed by atoms with E-state index in [1.54, 1.807) is 6.07 Å². The van der Waals surface area contributed by atoms with Gasteiger partial charge in [0.05, 0.1) is 6.54 Å². The molecular weight excluding hydrogens is 206 g/mol. The van der Waals surface area contributed by atoms with Crippen molar-refractivity contribution < 1.29 is 9.21 Å². The highest BCUT2D eigenvalue weighted by molar-refractivity contribution is 5.90. The first kappa shape index (κ1) is 11.2. The molecule has 0 atom stereocenters. The van der Waals surface area contributed by atoms with Crippen LogP contribution in [0.3, 0.4) is 0 Å². The van der Waals surface area contributed by atoms with Gasteiger partial charge in [0, 0.05) is 6.54 Å². The van der Waals surface area contributed by atoms with E-state index < -0.39 is 5.91 Å². The van der Waals surface area contributed by atoms with Gasteiger partial charge in [-0.05, 0) is 37.9 Å². The van der Waals surface area contributed by atoms with Crippen LogP contribution >= 0.6 is 0 Å². The maximum atomic E-state index is 11.2. The maximum absolute atomic E-state index is 11.2. The summed E-state index contributed by atoms with van der Waals surface area (Å²) in [6, 6.07) is 3.45. The van der Waals surface area contributed by atoms with E-state index in [0.717, 1.165) is 24.8 Å². The Morgan fingerprint density at radius 3 is 3.00 bits per heavy atom. The fourth-order valence-electron chi connectivity index (χ4n) is 1.73. The number of hydrazine groups is 1. The molecule has 1 heterocycles. The Labute approximate surface area is 94.6 Å². The van der Waals surface area contributed by atoms with Crippen molar-refractivity contribution in [3.63, 3.8) is 0 Å². The zero-order valence-corrected chi connectivity index (χ0v) is 9.40. The summed E-state index contributed by atoms with van der Waals surface area (Å²) in [6.45, 7) is 1.83. The van der Waals surface area contributed by atoms with E-state index in [9.17, 15) is 4.79 Å². The van der Waals surface area contributed by atoms with Crippen molar-refractivity contribution >= 4 is 5.91 Å². The fraction of sp³-hybridized carbons (Fsp3) is 0.545. The van der Waals surface area contributed by atoms with Crippen LogP contribution < -0.4 is 11.3 Å². The van der Waals surface area contributed by atoms with Gasteiger partial charge in [0.1, 0.15) is 5.76 Å². The van der Waals surface area contributed by atoms with Gasteiger partial charge in [0.15, 0.2) is 5.76 Å². The number of nitrogen functional groups attached to an aromatic ring is 1. The molecule has 1 aliphatic carbocycles. The van der Waals surface area contributed by atoms with Crippen molar-refractivity contribution in [3.05, 3.63) is 23.7 Å². The van der Waals surface area contributed by atoms with Crippen LogP contribution in [0.25, 0.3) is 0 Å². The van der Waals surface area contributed by atoms with E-state index >= 15 is 0 Å². The molecule has 2 rings (SSSR count). The van der Waals surface area contributed by atoms with Gasteiger partial charge in [0.2, 0.25) is 0 Å². The second-order valence-corrected chi connectivity index (χ2v) is 4.38.